The summed E-state index contributed by atoms with van der Waals surface area (Å²) in [4.78, 5) is 10.9. The summed E-state index contributed by atoms with van der Waals surface area (Å²) in [6.07, 6.45) is -6.41. The van der Waals surface area contributed by atoms with Crippen LogP contribution in [0.2, 0.25) is 0 Å². The Morgan fingerprint density at radius 1 is 1.25 bits per heavy atom. The van der Waals surface area contributed by atoms with Crippen LogP contribution >= 0.6 is 0 Å². The van der Waals surface area contributed by atoms with Crippen LogP contribution in [-0.2, 0) is 4.79 Å². The number of hydrogen-bond acceptors (Lipinski definition) is 7. The van der Waals surface area contributed by atoms with Crippen LogP contribution in [0.15, 0.2) is 0 Å². The van der Waals surface area contributed by atoms with Gasteiger partial charge in [0.25, 0.3) is 5.91 Å². The fraction of sp³-hybridized carbons (Fsp3) is 0.875. The minimum Gasteiger partial charge on any atom is -0.396 e. The number of amides is 1. The Kier molecular flexibility index (Phi) is 5.79. The number of primary amides is 1. The van der Waals surface area contributed by atoms with Crippen molar-refractivity contribution in [1.29, 1.82) is 0 Å². The molecule has 0 aliphatic rings. The topological polar surface area (TPSA) is 164 Å². The fourth-order valence-electron chi connectivity index (χ4n) is 1.19. The molecular weight excluding hydrogens is 222 g/mol. The van der Waals surface area contributed by atoms with Crippen molar-refractivity contribution in [2.24, 2.45) is 5.73 Å². The van der Waals surface area contributed by atoms with Gasteiger partial charge in [-0.05, 0) is 0 Å². The minimum atomic E-state index is -2.57. The van der Waals surface area contributed by atoms with Gasteiger partial charge < -0.3 is 36.4 Å². The van der Waals surface area contributed by atoms with Crippen molar-refractivity contribution >= 4 is 5.91 Å². The van der Waals surface area contributed by atoms with Crippen molar-refractivity contribution in [3.05, 3.63) is 0 Å². The molecule has 8 heteroatoms. The predicted molar refractivity (Wildman–Crippen MR) is 51.0 cm³/mol. The summed E-state index contributed by atoms with van der Waals surface area (Å²) in [5.74, 6) is -1.35. The molecule has 8 N–H and O–H groups in total. The van der Waals surface area contributed by atoms with Crippen molar-refractivity contribution in [2.75, 3.05) is 13.2 Å². The number of carbonyl (C=O) groups is 1. The van der Waals surface area contributed by atoms with E-state index in [1.807, 2.05) is 0 Å². The highest BCUT2D eigenvalue weighted by molar-refractivity contribution is 5.84. The van der Waals surface area contributed by atoms with Gasteiger partial charge >= 0.3 is 0 Å². The van der Waals surface area contributed by atoms with E-state index in [1.54, 1.807) is 0 Å². The van der Waals surface area contributed by atoms with E-state index >= 15 is 0 Å². The second-order valence-electron chi connectivity index (χ2n) is 3.45. The van der Waals surface area contributed by atoms with Crippen LogP contribution < -0.4 is 5.73 Å². The molecule has 0 aliphatic heterocycles. The Morgan fingerprint density at radius 2 is 1.75 bits per heavy atom. The normalized spacial score (nSPS) is 20.9. The van der Waals surface area contributed by atoms with Gasteiger partial charge in [0, 0.05) is 13.0 Å². The van der Waals surface area contributed by atoms with Gasteiger partial charge in [-0.2, -0.15) is 0 Å². The Balaban J connectivity index is 4.87. The number of hydrogen-bond donors (Lipinski definition) is 7. The summed E-state index contributed by atoms with van der Waals surface area (Å²) in [5, 5.41) is 54.5. The highest BCUT2D eigenvalue weighted by atomic mass is 16.4. The molecule has 4 atom stereocenters. The van der Waals surface area contributed by atoms with Gasteiger partial charge in [0.2, 0.25) is 0 Å². The summed E-state index contributed by atoms with van der Waals surface area (Å²) >= 11 is 0. The zero-order chi connectivity index (χ0) is 12.9. The maximum atomic E-state index is 10.9. The summed E-state index contributed by atoms with van der Waals surface area (Å²) in [7, 11) is 0. The van der Waals surface area contributed by atoms with E-state index in [4.69, 9.17) is 21.1 Å². The van der Waals surface area contributed by atoms with Gasteiger partial charge in [0.05, 0.1) is 6.61 Å². The predicted octanol–water partition coefficient (Wildman–Crippen LogP) is -4.34. The van der Waals surface area contributed by atoms with Crippen LogP contribution in [0.1, 0.15) is 6.42 Å². The summed E-state index contributed by atoms with van der Waals surface area (Å²) in [6, 6.07) is 0. The van der Waals surface area contributed by atoms with Crippen LogP contribution in [0.5, 0.6) is 0 Å². The molecule has 0 fully saturated rings. The molecule has 0 heterocycles. The fourth-order valence-corrected chi connectivity index (χ4v) is 1.19. The lowest BCUT2D eigenvalue weighted by atomic mass is 9.87. The molecule has 4 unspecified atom stereocenters. The first-order valence-electron chi connectivity index (χ1n) is 4.59. The first-order chi connectivity index (χ1) is 7.31. The maximum absolute atomic E-state index is 10.9. The number of aliphatic hydroxyl groups excluding tert-OH is 5. The molecule has 8 nitrogen and oxygen atoms in total. The van der Waals surface area contributed by atoms with Crippen molar-refractivity contribution in [3.8, 4) is 0 Å². The molecule has 0 radical (unpaired) electrons. The first-order valence-corrected chi connectivity index (χ1v) is 4.59. The highest BCUT2D eigenvalue weighted by Gasteiger charge is 2.46. The van der Waals surface area contributed by atoms with E-state index in [1.165, 1.54) is 0 Å². The van der Waals surface area contributed by atoms with E-state index in [2.05, 4.69) is 0 Å². The van der Waals surface area contributed by atoms with E-state index in [0.29, 0.717) is 0 Å². The molecule has 0 spiro atoms. The monoisotopic (exact) mass is 239 g/mol. The van der Waals surface area contributed by atoms with Crippen molar-refractivity contribution < 1.29 is 35.4 Å². The molecule has 0 bridgehead atoms. The molecule has 0 rings (SSSR count). The van der Waals surface area contributed by atoms with Crippen LogP contribution in [0, 0.1) is 0 Å². The third kappa shape index (κ3) is 3.11. The van der Waals surface area contributed by atoms with Gasteiger partial charge in [0.15, 0.2) is 5.60 Å². The highest BCUT2D eigenvalue weighted by Crippen LogP contribution is 2.19. The summed E-state index contributed by atoms with van der Waals surface area (Å²) < 4.78 is 0. The molecule has 1 amide bonds. The third-order valence-electron chi connectivity index (χ3n) is 2.31. The van der Waals surface area contributed by atoms with Gasteiger partial charge in [-0.1, -0.05) is 0 Å². The Hall–Kier alpha value is -0.770. The van der Waals surface area contributed by atoms with Crippen molar-refractivity contribution in [2.45, 2.75) is 30.3 Å². The van der Waals surface area contributed by atoms with E-state index in [9.17, 15) is 20.1 Å². The van der Waals surface area contributed by atoms with Gasteiger partial charge in [-0.15, -0.1) is 0 Å². The molecule has 0 aliphatic carbocycles. The molecule has 0 aromatic carbocycles. The Morgan fingerprint density at radius 3 is 2.06 bits per heavy atom. The second-order valence-corrected chi connectivity index (χ2v) is 3.45. The van der Waals surface area contributed by atoms with Crippen molar-refractivity contribution in [3.63, 3.8) is 0 Å². The number of nitrogens with two attached hydrogens (primary N) is 1. The SMILES string of the molecule is NC(=O)C(O)(CCO)C(O)C(O)C(O)CO. The van der Waals surface area contributed by atoms with Crippen LogP contribution in [0.3, 0.4) is 0 Å². The third-order valence-corrected chi connectivity index (χ3v) is 2.31. The van der Waals surface area contributed by atoms with Crippen molar-refractivity contribution in [1.82, 2.24) is 0 Å². The van der Waals surface area contributed by atoms with E-state index < -0.39 is 49.5 Å². The molecule has 96 valence electrons. The maximum Gasteiger partial charge on any atom is 0.252 e. The molecule has 0 aromatic rings. The number of aliphatic hydroxyl groups is 6. The number of carbonyl (C=O) groups excluding carboxylic acids is 1. The Labute approximate surface area is 91.6 Å². The van der Waals surface area contributed by atoms with Gasteiger partial charge in [-0.25, -0.2) is 0 Å². The smallest absolute Gasteiger partial charge is 0.252 e. The average Bonchev–Trinajstić information content (AvgIpc) is 2.25. The standard InChI is InChI=1S/C8H17NO7/c9-7(15)8(16,1-2-10)6(14)5(13)4(12)3-11/h4-6,10-14,16H,1-3H2,(H2,9,15). The summed E-state index contributed by atoms with van der Waals surface area (Å²) in [6.45, 7) is -1.52. The van der Waals surface area contributed by atoms with E-state index in [-0.39, 0.29) is 0 Å². The lowest BCUT2D eigenvalue weighted by Crippen LogP contribution is -2.60. The minimum absolute atomic E-state index is 0.599. The average molecular weight is 239 g/mol. The van der Waals surface area contributed by atoms with Gasteiger partial charge in [-0.3, -0.25) is 4.79 Å². The zero-order valence-corrected chi connectivity index (χ0v) is 8.52. The second kappa shape index (κ2) is 6.09. The lowest BCUT2D eigenvalue weighted by molar-refractivity contribution is -0.177. The molecule has 0 saturated carbocycles. The van der Waals surface area contributed by atoms with Crippen LogP contribution in [-0.4, -0.2) is 73.7 Å². The first kappa shape index (κ1) is 15.2. The van der Waals surface area contributed by atoms with E-state index in [0.717, 1.165) is 0 Å². The lowest BCUT2D eigenvalue weighted by Gasteiger charge is -2.33. The largest absolute Gasteiger partial charge is 0.396 e. The summed E-state index contributed by atoms with van der Waals surface area (Å²) in [5.41, 5.74) is 2.26. The Bertz CT molecular complexity index is 236. The molecule has 0 saturated heterocycles. The zero-order valence-electron chi connectivity index (χ0n) is 8.52. The molecular formula is C8H17NO7. The molecule has 16 heavy (non-hydrogen) atoms. The van der Waals surface area contributed by atoms with Crippen LogP contribution in [0.25, 0.3) is 0 Å². The van der Waals surface area contributed by atoms with Gasteiger partial charge in [0.1, 0.15) is 18.3 Å². The molecule has 0 aromatic heterocycles. The quantitative estimate of drug-likeness (QED) is 0.236. The number of rotatable bonds is 7. The van der Waals surface area contributed by atoms with Crippen LogP contribution in [0.4, 0.5) is 0 Å².